The molecule has 4 rings (SSSR count). The topological polar surface area (TPSA) is 21.9 Å². The number of furan rings is 1. The van der Waals surface area contributed by atoms with Gasteiger partial charge in [-0.1, -0.05) is 31.5 Å². The quantitative estimate of drug-likeness (QED) is 0.476. The molecule has 0 amide bonds. The fourth-order valence-electron chi connectivity index (χ4n) is 2.94. The van der Waals surface area contributed by atoms with E-state index in [9.17, 15) is 0 Å². The number of rotatable bonds is 5. The molecule has 4 aromatic rings. The summed E-state index contributed by atoms with van der Waals surface area (Å²) < 4.78 is 10.3. The number of hydrogen-bond acceptors (Lipinski definition) is 1. The molecule has 24 heavy (non-hydrogen) atoms. The maximum absolute atomic E-state index is 5.94. The average molecular weight is 317 g/mol. The van der Waals surface area contributed by atoms with Crippen molar-refractivity contribution < 1.29 is 8.98 Å². The first-order valence-corrected chi connectivity index (χ1v) is 8.50. The van der Waals surface area contributed by atoms with Gasteiger partial charge in [-0.3, -0.25) is 0 Å². The van der Waals surface area contributed by atoms with Crippen LogP contribution >= 0.6 is 0 Å². The first kappa shape index (κ1) is 14.8. The Bertz CT molecular complexity index is 914. The van der Waals surface area contributed by atoms with Crippen molar-refractivity contribution in [2.45, 2.75) is 26.3 Å². The first-order chi connectivity index (χ1) is 11.8. The third kappa shape index (κ3) is 2.85. The lowest BCUT2D eigenvalue weighted by atomic mass is 10.1. The molecule has 0 saturated carbocycles. The first-order valence-electron chi connectivity index (χ1n) is 8.50. The second-order valence-electron chi connectivity index (χ2n) is 6.11. The van der Waals surface area contributed by atoms with Crippen LogP contribution in [-0.4, -0.2) is 4.57 Å². The second kappa shape index (κ2) is 6.36. The van der Waals surface area contributed by atoms with Crippen molar-refractivity contribution in [1.82, 2.24) is 4.57 Å². The Morgan fingerprint density at radius 2 is 1.88 bits per heavy atom. The zero-order valence-corrected chi connectivity index (χ0v) is 13.9. The SMILES string of the molecule is CCCC[n+]1ccn(-c2ccc(-c3cc4ccccc4o3)cc2)c1. The molecule has 0 bridgehead atoms. The molecule has 3 heteroatoms. The molecule has 0 aliphatic carbocycles. The number of aromatic nitrogens is 2. The lowest BCUT2D eigenvalue weighted by Crippen LogP contribution is -2.30. The molecule has 0 saturated heterocycles. The van der Waals surface area contributed by atoms with Gasteiger partial charge in [-0.25, -0.2) is 9.13 Å². The molecular formula is C21H21N2O+. The van der Waals surface area contributed by atoms with Crippen LogP contribution in [0.15, 0.2) is 77.7 Å². The highest BCUT2D eigenvalue weighted by molar-refractivity contribution is 5.82. The van der Waals surface area contributed by atoms with E-state index in [1.165, 1.54) is 12.8 Å². The van der Waals surface area contributed by atoms with Crippen molar-refractivity contribution in [3.8, 4) is 17.0 Å². The molecule has 0 radical (unpaired) electrons. The van der Waals surface area contributed by atoms with Gasteiger partial charge in [-0.05, 0) is 42.8 Å². The maximum atomic E-state index is 5.94. The van der Waals surface area contributed by atoms with Crippen LogP contribution < -0.4 is 4.57 Å². The highest BCUT2D eigenvalue weighted by Gasteiger charge is 2.09. The Labute approximate surface area is 141 Å². The minimum atomic E-state index is 0.910. The van der Waals surface area contributed by atoms with Crippen LogP contribution in [0.1, 0.15) is 19.8 Å². The Hall–Kier alpha value is -2.81. The van der Waals surface area contributed by atoms with Gasteiger partial charge in [-0.2, -0.15) is 0 Å². The van der Waals surface area contributed by atoms with Crippen LogP contribution in [0.5, 0.6) is 0 Å². The summed E-state index contributed by atoms with van der Waals surface area (Å²) in [6, 6.07) is 18.7. The van der Waals surface area contributed by atoms with E-state index < -0.39 is 0 Å². The average Bonchev–Trinajstić information content (AvgIpc) is 3.27. The Morgan fingerprint density at radius 1 is 1.04 bits per heavy atom. The number of aryl methyl sites for hydroxylation is 1. The summed E-state index contributed by atoms with van der Waals surface area (Å²) >= 11 is 0. The van der Waals surface area contributed by atoms with E-state index in [-0.39, 0.29) is 0 Å². The van der Waals surface area contributed by atoms with Gasteiger partial charge >= 0.3 is 0 Å². The summed E-state index contributed by atoms with van der Waals surface area (Å²) in [6.45, 7) is 3.29. The summed E-state index contributed by atoms with van der Waals surface area (Å²) in [5.74, 6) is 0.910. The number of imidazole rings is 1. The van der Waals surface area contributed by atoms with E-state index >= 15 is 0 Å². The number of hydrogen-bond donors (Lipinski definition) is 0. The Morgan fingerprint density at radius 3 is 2.67 bits per heavy atom. The largest absolute Gasteiger partial charge is 0.456 e. The van der Waals surface area contributed by atoms with Gasteiger partial charge in [0.2, 0.25) is 6.33 Å². The van der Waals surface area contributed by atoms with Crippen molar-refractivity contribution >= 4 is 11.0 Å². The Kier molecular flexibility index (Phi) is 3.91. The number of unbranched alkanes of at least 4 members (excludes halogenated alkanes) is 1. The van der Waals surface area contributed by atoms with Gasteiger partial charge in [0.15, 0.2) is 0 Å². The summed E-state index contributed by atoms with van der Waals surface area (Å²) in [5, 5.41) is 1.14. The van der Waals surface area contributed by atoms with E-state index in [1.807, 2.05) is 18.2 Å². The maximum Gasteiger partial charge on any atom is 0.248 e. The van der Waals surface area contributed by atoms with Gasteiger partial charge in [0.1, 0.15) is 29.4 Å². The molecule has 2 aromatic heterocycles. The standard InChI is InChI=1S/C21H21N2O/c1-2-3-12-22-13-14-23(16-22)19-10-8-17(9-11-19)21-15-18-6-4-5-7-20(18)24-21/h4-11,13-16H,2-3,12H2,1H3/q+1. The van der Waals surface area contributed by atoms with Gasteiger partial charge in [-0.15, -0.1) is 0 Å². The molecule has 2 heterocycles. The number of benzene rings is 2. The van der Waals surface area contributed by atoms with Crippen molar-refractivity contribution in [2.24, 2.45) is 0 Å². The van der Waals surface area contributed by atoms with E-state index in [4.69, 9.17) is 4.42 Å². The fraction of sp³-hybridized carbons (Fsp3) is 0.190. The molecule has 3 nitrogen and oxygen atoms in total. The molecule has 0 atom stereocenters. The summed E-state index contributed by atoms with van der Waals surface area (Å²) in [4.78, 5) is 0. The second-order valence-corrected chi connectivity index (χ2v) is 6.11. The van der Waals surface area contributed by atoms with Crippen molar-refractivity contribution in [1.29, 1.82) is 0 Å². The molecule has 0 spiro atoms. The van der Waals surface area contributed by atoms with Crippen molar-refractivity contribution in [3.05, 3.63) is 73.3 Å². The molecular weight excluding hydrogens is 296 g/mol. The van der Waals surface area contributed by atoms with Gasteiger partial charge < -0.3 is 4.42 Å². The number of fused-ring (bicyclic) bond motifs is 1. The lowest BCUT2D eigenvalue weighted by Gasteiger charge is -1.99. The predicted molar refractivity (Wildman–Crippen MR) is 96.1 cm³/mol. The van der Waals surface area contributed by atoms with Crippen LogP contribution in [0.3, 0.4) is 0 Å². The third-order valence-corrected chi connectivity index (χ3v) is 4.34. The molecule has 120 valence electrons. The van der Waals surface area contributed by atoms with E-state index in [1.54, 1.807) is 0 Å². The van der Waals surface area contributed by atoms with E-state index in [0.29, 0.717) is 0 Å². The molecule has 0 aliphatic heterocycles. The summed E-state index contributed by atoms with van der Waals surface area (Å²) in [7, 11) is 0. The van der Waals surface area contributed by atoms with Crippen LogP contribution in [0.2, 0.25) is 0 Å². The van der Waals surface area contributed by atoms with Crippen LogP contribution in [0.4, 0.5) is 0 Å². The van der Waals surface area contributed by atoms with Gasteiger partial charge in [0, 0.05) is 10.9 Å². The summed E-state index contributed by atoms with van der Waals surface area (Å²) in [6.07, 6.45) is 8.80. The third-order valence-electron chi connectivity index (χ3n) is 4.34. The summed E-state index contributed by atoms with van der Waals surface area (Å²) in [5.41, 5.74) is 3.19. The molecule has 0 unspecified atom stereocenters. The normalized spacial score (nSPS) is 11.2. The monoisotopic (exact) mass is 317 g/mol. The molecule has 0 aliphatic rings. The zero-order valence-electron chi connectivity index (χ0n) is 13.9. The highest BCUT2D eigenvalue weighted by Crippen LogP contribution is 2.28. The van der Waals surface area contributed by atoms with E-state index in [0.717, 1.165) is 34.5 Å². The van der Waals surface area contributed by atoms with E-state index in [2.05, 4.69) is 71.2 Å². The Balaban J connectivity index is 1.59. The fourth-order valence-corrected chi connectivity index (χ4v) is 2.94. The molecule has 0 N–H and O–H groups in total. The predicted octanol–water partition coefficient (Wildman–Crippen LogP) is 4.98. The highest BCUT2D eigenvalue weighted by atomic mass is 16.3. The van der Waals surface area contributed by atoms with Crippen LogP contribution in [-0.2, 0) is 6.54 Å². The zero-order chi connectivity index (χ0) is 16.4. The lowest BCUT2D eigenvalue weighted by molar-refractivity contribution is -0.696. The minimum Gasteiger partial charge on any atom is -0.456 e. The minimum absolute atomic E-state index is 0.910. The van der Waals surface area contributed by atoms with Crippen molar-refractivity contribution in [2.75, 3.05) is 0 Å². The number of para-hydroxylation sites is 1. The molecule has 2 aromatic carbocycles. The smallest absolute Gasteiger partial charge is 0.248 e. The van der Waals surface area contributed by atoms with Gasteiger partial charge in [0.25, 0.3) is 0 Å². The van der Waals surface area contributed by atoms with Gasteiger partial charge in [0.05, 0.1) is 6.54 Å². The van der Waals surface area contributed by atoms with Crippen LogP contribution in [0, 0.1) is 0 Å². The molecule has 0 fully saturated rings. The van der Waals surface area contributed by atoms with Crippen molar-refractivity contribution in [3.63, 3.8) is 0 Å². The number of nitrogens with zero attached hydrogens (tertiary/aromatic N) is 2. The van der Waals surface area contributed by atoms with Crippen LogP contribution in [0.25, 0.3) is 28.0 Å².